The number of hydroxylamine groups is 1. The van der Waals surface area contributed by atoms with Gasteiger partial charge in [0.05, 0.1) is 27.5 Å². The first-order chi connectivity index (χ1) is 8.87. The van der Waals surface area contributed by atoms with Gasteiger partial charge in [-0.05, 0) is 18.6 Å². The van der Waals surface area contributed by atoms with E-state index < -0.39 is 21.7 Å². The van der Waals surface area contributed by atoms with Crippen LogP contribution < -0.4 is 10.3 Å². The number of carbonyl (C=O) groups is 1. The summed E-state index contributed by atoms with van der Waals surface area (Å²) in [6.45, 7) is 0. The molecule has 0 aliphatic carbocycles. The summed E-state index contributed by atoms with van der Waals surface area (Å²) >= 11 is 11.5. The Bertz CT molecular complexity index is 603. The molecule has 104 valence electrons. The Morgan fingerprint density at radius 2 is 2.05 bits per heavy atom. The molecule has 1 fully saturated rings. The molecule has 0 aromatic heterocycles. The van der Waals surface area contributed by atoms with Crippen LogP contribution in [0.2, 0.25) is 10.0 Å². The summed E-state index contributed by atoms with van der Waals surface area (Å²) in [4.78, 5) is 16.7. The predicted octanol–water partition coefficient (Wildman–Crippen LogP) is 1.84. The van der Waals surface area contributed by atoms with E-state index in [9.17, 15) is 13.2 Å². The summed E-state index contributed by atoms with van der Waals surface area (Å²) in [6, 6.07) is 4.53. The Balaban J connectivity index is 1.92. The minimum atomic E-state index is -3.09. The molecule has 1 aliphatic rings. The Morgan fingerprint density at radius 1 is 1.32 bits per heavy atom. The second-order valence-corrected chi connectivity index (χ2v) is 7.29. The van der Waals surface area contributed by atoms with E-state index in [1.807, 2.05) is 0 Å². The van der Waals surface area contributed by atoms with Crippen LogP contribution in [0.5, 0.6) is 5.75 Å². The van der Waals surface area contributed by atoms with Crippen molar-refractivity contribution >= 4 is 38.9 Å². The molecule has 1 aromatic rings. The topological polar surface area (TPSA) is 72.5 Å². The fraction of sp³-hybridized carbons (Fsp3) is 0.364. The normalized spacial score (nSPS) is 21.1. The molecular formula is C11H11Cl2NO4S. The summed E-state index contributed by atoms with van der Waals surface area (Å²) < 4.78 is 22.5. The van der Waals surface area contributed by atoms with Gasteiger partial charge in [0.25, 0.3) is 5.91 Å². The van der Waals surface area contributed by atoms with E-state index in [4.69, 9.17) is 28.0 Å². The smallest absolute Gasteiger partial charge is 0.256 e. The van der Waals surface area contributed by atoms with Gasteiger partial charge in [0.2, 0.25) is 0 Å². The molecule has 1 saturated heterocycles. The highest BCUT2D eigenvalue weighted by Gasteiger charge is 2.33. The first-order valence-corrected chi connectivity index (χ1v) is 8.07. The monoisotopic (exact) mass is 323 g/mol. The van der Waals surface area contributed by atoms with Crippen molar-refractivity contribution in [1.82, 2.24) is 5.48 Å². The average molecular weight is 324 g/mol. The van der Waals surface area contributed by atoms with Crippen LogP contribution >= 0.6 is 23.2 Å². The molecule has 0 radical (unpaired) electrons. The van der Waals surface area contributed by atoms with Crippen molar-refractivity contribution in [2.75, 3.05) is 11.5 Å². The van der Waals surface area contributed by atoms with E-state index in [-0.39, 0.29) is 11.5 Å². The van der Waals surface area contributed by atoms with Crippen LogP contribution in [0.4, 0.5) is 0 Å². The highest BCUT2D eigenvalue weighted by molar-refractivity contribution is 7.91. The third-order valence-corrected chi connectivity index (χ3v) is 5.27. The summed E-state index contributed by atoms with van der Waals surface area (Å²) in [5.41, 5.74) is 2.22. The lowest BCUT2D eigenvalue weighted by molar-refractivity contribution is -0.131. The van der Waals surface area contributed by atoms with E-state index in [0.29, 0.717) is 22.2 Å². The summed E-state index contributed by atoms with van der Waals surface area (Å²) in [7, 11) is -3.09. The lowest BCUT2D eigenvalue weighted by Gasteiger charge is -2.10. The van der Waals surface area contributed by atoms with Crippen molar-refractivity contribution in [3.63, 3.8) is 0 Å². The molecule has 0 spiro atoms. The number of hydrogen-bond donors (Lipinski definition) is 1. The number of sulfone groups is 1. The maximum absolute atomic E-state index is 11.7. The number of benzene rings is 1. The van der Waals surface area contributed by atoms with Crippen LogP contribution in [0.25, 0.3) is 0 Å². The summed E-state index contributed by atoms with van der Waals surface area (Å²) in [5, 5.41) is 0.680. The lowest BCUT2D eigenvalue weighted by Crippen LogP contribution is -2.33. The fourth-order valence-electron chi connectivity index (χ4n) is 1.73. The molecule has 8 heteroatoms. The fourth-order valence-corrected chi connectivity index (χ4v) is 3.76. The molecule has 1 heterocycles. The standard InChI is InChI=1S/C11H11Cl2NO4S/c12-9-2-1-8(5-10(9)13)18-14-11(15)7-3-4-19(16,17)6-7/h1-2,5,7H,3-4,6H2,(H,14,15). The highest BCUT2D eigenvalue weighted by atomic mass is 35.5. The van der Waals surface area contributed by atoms with Gasteiger partial charge in [-0.1, -0.05) is 23.2 Å². The lowest BCUT2D eigenvalue weighted by atomic mass is 10.1. The maximum Gasteiger partial charge on any atom is 0.256 e. The highest BCUT2D eigenvalue weighted by Crippen LogP contribution is 2.26. The van der Waals surface area contributed by atoms with Gasteiger partial charge in [0.1, 0.15) is 0 Å². The van der Waals surface area contributed by atoms with Gasteiger partial charge in [-0.3, -0.25) is 4.79 Å². The van der Waals surface area contributed by atoms with Gasteiger partial charge in [0.15, 0.2) is 15.6 Å². The van der Waals surface area contributed by atoms with Gasteiger partial charge in [-0.15, -0.1) is 0 Å². The van der Waals surface area contributed by atoms with Crippen molar-refractivity contribution < 1.29 is 18.0 Å². The molecule has 19 heavy (non-hydrogen) atoms. The van der Waals surface area contributed by atoms with Crippen molar-refractivity contribution in [2.24, 2.45) is 5.92 Å². The molecule has 5 nitrogen and oxygen atoms in total. The second-order valence-electron chi connectivity index (χ2n) is 4.24. The third kappa shape index (κ3) is 3.75. The van der Waals surface area contributed by atoms with Gasteiger partial charge in [-0.2, -0.15) is 5.48 Å². The van der Waals surface area contributed by atoms with Gasteiger partial charge in [0, 0.05) is 6.07 Å². The van der Waals surface area contributed by atoms with Crippen LogP contribution in [0.1, 0.15) is 6.42 Å². The summed E-state index contributed by atoms with van der Waals surface area (Å²) in [6.07, 6.45) is 0.318. The van der Waals surface area contributed by atoms with E-state index in [1.165, 1.54) is 12.1 Å². The zero-order chi connectivity index (χ0) is 14.0. The molecule has 1 aliphatic heterocycles. The number of nitrogens with one attached hydrogen (secondary N) is 1. The van der Waals surface area contributed by atoms with E-state index in [1.54, 1.807) is 6.07 Å². The second kappa shape index (κ2) is 5.56. The zero-order valence-corrected chi connectivity index (χ0v) is 12.1. The molecule has 1 amide bonds. The first-order valence-electron chi connectivity index (χ1n) is 5.49. The summed E-state index contributed by atoms with van der Waals surface area (Å²) in [5.74, 6) is -0.787. The molecule has 1 unspecified atom stereocenters. The van der Waals surface area contributed by atoms with Gasteiger partial charge >= 0.3 is 0 Å². The first kappa shape index (κ1) is 14.4. The third-order valence-electron chi connectivity index (χ3n) is 2.76. The Morgan fingerprint density at radius 3 is 2.63 bits per heavy atom. The van der Waals surface area contributed by atoms with E-state index in [0.717, 1.165) is 0 Å². The molecule has 1 aromatic carbocycles. The van der Waals surface area contributed by atoms with Crippen LogP contribution in [-0.4, -0.2) is 25.8 Å². The SMILES string of the molecule is O=C(NOc1ccc(Cl)c(Cl)c1)C1CCS(=O)(=O)C1. The molecular weight excluding hydrogens is 313 g/mol. The number of hydrogen-bond acceptors (Lipinski definition) is 4. The average Bonchev–Trinajstić information content (AvgIpc) is 2.71. The maximum atomic E-state index is 11.7. The van der Waals surface area contributed by atoms with Crippen LogP contribution in [0, 0.1) is 5.92 Å². The molecule has 1 N–H and O–H groups in total. The molecule has 2 rings (SSSR count). The number of rotatable bonds is 3. The van der Waals surface area contributed by atoms with E-state index in [2.05, 4.69) is 5.48 Å². The Labute approximate surface area is 120 Å². The minimum absolute atomic E-state index is 0.0395. The Hall–Kier alpha value is -0.980. The zero-order valence-electron chi connectivity index (χ0n) is 9.73. The predicted molar refractivity (Wildman–Crippen MR) is 72.0 cm³/mol. The largest absolute Gasteiger partial charge is 0.379 e. The van der Waals surface area contributed by atoms with Crippen molar-refractivity contribution in [1.29, 1.82) is 0 Å². The number of amides is 1. The Kier molecular flexibility index (Phi) is 4.23. The molecule has 0 bridgehead atoms. The number of halogens is 2. The number of carbonyl (C=O) groups excluding carboxylic acids is 1. The quantitative estimate of drug-likeness (QED) is 0.861. The molecule has 0 saturated carbocycles. The van der Waals surface area contributed by atoms with Crippen molar-refractivity contribution in [3.8, 4) is 5.75 Å². The van der Waals surface area contributed by atoms with Crippen LogP contribution in [0.15, 0.2) is 18.2 Å². The van der Waals surface area contributed by atoms with Gasteiger partial charge in [-0.25, -0.2) is 8.42 Å². The van der Waals surface area contributed by atoms with Crippen molar-refractivity contribution in [3.05, 3.63) is 28.2 Å². The minimum Gasteiger partial charge on any atom is -0.379 e. The molecule has 1 atom stereocenters. The van der Waals surface area contributed by atoms with Crippen LogP contribution in [-0.2, 0) is 14.6 Å². The van der Waals surface area contributed by atoms with Crippen molar-refractivity contribution in [2.45, 2.75) is 6.42 Å². The van der Waals surface area contributed by atoms with Gasteiger partial charge < -0.3 is 4.84 Å². The van der Waals surface area contributed by atoms with Crippen LogP contribution in [0.3, 0.4) is 0 Å². The van der Waals surface area contributed by atoms with E-state index >= 15 is 0 Å².